The second-order valence-electron chi connectivity index (χ2n) is 3.86. The third kappa shape index (κ3) is 1.00. The van der Waals surface area contributed by atoms with Gasteiger partial charge in [-0.2, -0.15) is 0 Å². The smallest absolute Gasteiger partial charge is 0.167 e. The SMILES string of the molecule is NC1(O)c2ccccc2-c2ccccc21. The Labute approximate surface area is 88.0 Å². The third-order valence-corrected chi connectivity index (χ3v) is 2.97. The van der Waals surface area contributed by atoms with Gasteiger partial charge in [-0.3, -0.25) is 5.73 Å². The zero-order chi connectivity index (χ0) is 10.5. The lowest BCUT2D eigenvalue weighted by Gasteiger charge is -2.19. The molecule has 1 aliphatic rings. The molecule has 0 radical (unpaired) electrons. The molecule has 0 saturated carbocycles. The molecule has 1 aliphatic carbocycles. The fraction of sp³-hybridized carbons (Fsp3) is 0.0769. The number of nitrogens with two attached hydrogens (primary N) is 1. The fourth-order valence-electron chi connectivity index (χ4n) is 2.25. The first-order chi connectivity index (χ1) is 7.21. The number of fused-ring (bicyclic) bond motifs is 3. The standard InChI is InChI=1S/C13H11NO/c14-13(15)11-7-3-1-5-9(11)10-6-2-4-8-12(10)13/h1-8,15H,14H2. The molecule has 0 saturated heterocycles. The molecule has 0 aliphatic heterocycles. The van der Waals surface area contributed by atoms with Crippen LogP contribution in [-0.4, -0.2) is 5.11 Å². The maximum Gasteiger partial charge on any atom is 0.167 e. The molecule has 74 valence electrons. The minimum atomic E-state index is -1.34. The molecule has 0 amide bonds. The summed E-state index contributed by atoms with van der Waals surface area (Å²) < 4.78 is 0. The maximum atomic E-state index is 10.3. The predicted octanol–water partition coefficient (Wildman–Crippen LogP) is 1.82. The second-order valence-corrected chi connectivity index (χ2v) is 3.86. The Morgan fingerprint density at radius 1 is 0.800 bits per heavy atom. The van der Waals surface area contributed by atoms with E-state index in [2.05, 4.69) is 0 Å². The summed E-state index contributed by atoms with van der Waals surface area (Å²) in [6.07, 6.45) is 0. The number of aliphatic hydroxyl groups is 1. The van der Waals surface area contributed by atoms with Crippen molar-refractivity contribution in [2.75, 3.05) is 0 Å². The Morgan fingerprint density at radius 2 is 1.20 bits per heavy atom. The van der Waals surface area contributed by atoms with Gasteiger partial charge < -0.3 is 5.11 Å². The Balaban J connectivity index is 2.42. The number of hydrogen-bond acceptors (Lipinski definition) is 2. The quantitative estimate of drug-likeness (QED) is 0.633. The van der Waals surface area contributed by atoms with E-state index in [1.165, 1.54) is 0 Å². The zero-order valence-corrected chi connectivity index (χ0v) is 8.14. The molecule has 2 aromatic rings. The van der Waals surface area contributed by atoms with Crippen molar-refractivity contribution in [3.63, 3.8) is 0 Å². The summed E-state index contributed by atoms with van der Waals surface area (Å²) in [5, 5.41) is 10.3. The van der Waals surface area contributed by atoms with Crippen molar-refractivity contribution in [2.45, 2.75) is 5.72 Å². The van der Waals surface area contributed by atoms with Crippen molar-refractivity contribution in [3.8, 4) is 11.1 Å². The van der Waals surface area contributed by atoms with Gasteiger partial charge in [0.05, 0.1) is 0 Å². The molecule has 0 aromatic heterocycles. The number of benzene rings is 2. The van der Waals surface area contributed by atoms with Crippen LogP contribution < -0.4 is 5.73 Å². The van der Waals surface area contributed by atoms with Crippen LogP contribution >= 0.6 is 0 Å². The molecule has 0 heterocycles. The lowest BCUT2D eigenvalue weighted by atomic mass is 10.0. The van der Waals surface area contributed by atoms with Gasteiger partial charge in [-0.05, 0) is 11.1 Å². The van der Waals surface area contributed by atoms with E-state index >= 15 is 0 Å². The van der Waals surface area contributed by atoms with E-state index in [9.17, 15) is 5.11 Å². The van der Waals surface area contributed by atoms with Gasteiger partial charge in [-0.25, -0.2) is 0 Å². The first kappa shape index (κ1) is 8.65. The third-order valence-electron chi connectivity index (χ3n) is 2.97. The van der Waals surface area contributed by atoms with E-state index in [1.54, 1.807) is 0 Å². The Kier molecular flexibility index (Phi) is 1.55. The molecule has 0 fully saturated rings. The van der Waals surface area contributed by atoms with E-state index in [4.69, 9.17) is 5.73 Å². The molecule has 0 atom stereocenters. The molecule has 0 bridgehead atoms. The van der Waals surface area contributed by atoms with Crippen LogP contribution in [0, 0.1) is 0 Å². The second kappa shape index (κ2) is 2.69. The highest BCUT2D eigenvalue weighted by molar-refractivity contribution is 5.79. The lowest BCUT2D eigenvalue weighted by molar-refractivity contribution is 0.0934. The minimum absolute atomic E-state index is 0.784. The molecule has 2 nitrogen and oxygen atoms in total. The summed E-state index contributed by atoms with van der Waals surface area (Å²) in [6.45, 7) is 0. The molecule has 0 unspecified atom stereocenters. The van der Waals surface area contributed by atoms with E-state index < -0.39 is 5.72 Å². The van der Waals surface area contributed by atoms with Crippen LogP contribution in [-0.2, 0) is 5.72 Å². The topological polar surface area (TPSA) is 46.2 Å². The van der Waals surface area contributed by atoms with Crippen LogP contribution in [0.1, 0.15) is 11.1 Å². The maximum absolute atomic E-state index is 10.3. The van der Waals surface area contributed by atoms with Gasteiger partial charge in [0.15, 0.2) is 5.72 Å². The molecule has 2 aromatic carbocycles. The van der Waals surface area contributed by atoms with Gasteiger partial charge in [0.2, 0.25) is 0 Å². The van der Waals surface area contributed by atoms with Gasteiger partial charge >= 0.3 is 0 Å². The van der Waals surface area contributed by atoms with Gasteiger partial charge in [0.25, 0.3) is 0 Å². The molecule has 0 spiro atoms. The first-order valence-corrected chi connectivity index (χ1v) is 4.92. The largest absolute Gasteiger partial charge is 0.368 e. The fourth-order valence-corrected chi connectivity index (χ4v) is 2.25. The first-order valence-electron chi connectivity index (χ1n) is 4.92. The van der Waals surface area contributed by atoms with Crippen LogP contribution in [0.5, 0.6) is 0 Å². The van der Waals surface area contributed by atoms with Gasteiger partial charge in [-0.1, -0.05) is 48.5 Å². The van der Waals surface area contributed by atoms with Gasteiger partial charge in [0, 0.05) is 11.1 Å². The van der Waals surface area contributed by atoms with Crippen LogP contribution in [0.2, 0.25) is 0 Å². The van der Waals surface area contributed by atoms with Crippen molar-refractivity contribution < 1.29 is 5.11 Å². The number of hydrogen-bond donors (Lipinski definition) is 2. The van der Waals surface area contributed by atoms with Crippen LogP contribution in [0.4, 0.5) is 0 Å². The lowest BCUT2D eigenvalue weighted by Crippen LogP contribution is -2.35. The summed E-state index contributed by atoms with van der Waals surface area (Å²) in [5.74, 6) is 0. The Bertz CT molecular complexity index is 484. The average Bonchev–Trinajstić information content (AvgIpc) is 2.51. The van der Waals surface area contributed by atoms with Crippen molar-refractivity contribution in [1.29, 1.82) is 0 Å². The summed E-state index contributed by atoms with van der Waals surface area (Å²) in [5.41, 5.74) is 8.24. The molecule has 2 heteroatoms. The Morgan fingerprint density at radius 3 is 1.67 bits per heavy atom. The molecule has 15 heavy (non-hydrogen) atoms. The van der Waals surface area contributed by atoms with Gasteiger partial charge in [-0.15, -0.1) is 0 Å². The van der Waals surface area contributed by atoms with Crippen molar-refractivity contribution in [3.05, 3.63) is 59.7 Å². The van der Waals surface area contributed by atoms with Crippen molar-refractivity contribution >= 4 is 0 Å². The van der Waals surface area contributed by atoms with Crippen LogP contribution in [0.3, 0.4) is 0 Å². The van der Waals surface area contributed by atoms with Crippen LogP contribution in [0.25, 0.3) is 11.1 Å². The van der Waals surface area contributed by atoms with E-state index in [-0.39, 0.29) is 0 Å². The normalized spacial score (nSPS) is 15.9. The molecular formula is C13H11NO. The minimum Gasteiger partial charge on any atom is -0.368 e. The predicted molar refractivity (Wildman–Crippen MR) is 59.1 cm³/mol. The van der Waals surface area contributed by atoms with Crippen LogP contribution in [0.15, 0.2) is 48.5 Å². The highest BCUT2D eigenvalue weighted by Gasteiger charge is 2.37. The summed E-state index contributed by atoms with van der Waals surface area (Å²) in [7, 11) is 0. The van der Waals surface area contributed by atoms with E-state index in [0.717, 1.165) is 22.3 Å². The van der Waals surface area contributed by atoms with Crippen molar-refractivity contribution in [2.24, 2.45) is 5.73 Å². The van der Waals surface area contributed by atoms with E-state index in [1.807, 2.05) is 48.5 Å². The monoisotopic (exact) mass is 197 g/mol. The summed E-state index contributed by atoms with van der Waals surface area (Å²) in [6, 6.07) is 15.4. The van der Waals surface area contributed by atoms with Crippen molar-refractivity contribution in [1.82, 2.24) is 0 Å². The summed E-state index contributed by atoms with van der Waals surface area (Å²) >= 11 is 0. The molecule has 3 N–H and O–H groups in total. The highest BCUT2D eigenvalue weighted by atomic mass is 16.3. The highest BCUT2D eigenvalue weighted by Crippen LogP contribution is 2.43. The molecular weight excluding hydrogens is 186 g/mol. The van der Waals surface area contributed by atoms with E-state index in [0.29, 0.717) is 0 Å². The summed E-state index contributed by atoms with van der Waals surface area (Å²) in [4.78, 5) is 0. The van der Waals surface area contributed by atoms with Gasteiger partial charge in [0.1, 0.15) is 0 Å². The number of rotatable bonds is 0. The molecule has 3 rings (SSSR count). The average molecular weight is 197 g/mol. The Hall–Kier alpha value is -1.64. The zero-order valence-electron chi connectivity index (χ0n) is 8.14.